The van der Waals surface area contributed by atoms with Crippen LogP contribution in [0.15, 0.2) is 53.4 Å². The minimum Gasteiger partial charge on any atom is -0.325 e. The predicted molar refractivity (Wildman–Crippen MR) is 108 cm³/mol. The van der Waals surface area contributed by atoms with Crippen molar-refractivity contribution in [3.05, 3.63) is 59.1 Å². The van der Waals surface area contributed by atoms with E-state index in [0.29, 0.717) is 5.69 Å². The molecule has 0 aliphatic heterocycles. The largest absolute Gasteiger partial charge is 0.325 e. The molecule has 0 fully saturated rings. The lowest BCUT2D eigenvalue weighted by molar-refractivity contribution is -0.117. The quantitative estimate of drug-likeness (QED) is 0.735. The molecule has 2 unspecified atom stereocenters. The van der Waals surface area contributed by atoms with Crippen molar-refractivity contribution in [2.75, 3.05) is 19.4 Å². The molecule has 0 aromatic heterocycles. The second-order valence-electron chi connectivity index (χ2n) is 6.44. The van der Waals surface area contributed by atoms with Gasteiger partial charge in [0.25, 0.3) is 0 Å². The van der Waals surface area contributed by atoms with Crippen molar-refractivity contribution in [2.24, 2.45) is 0 Å². The van der Waals surface area contributed by atoms with E-state index in [-0.39, 0.29) is 21.9 Å². The third-order valence-electron chi connectivity index (χ3n) is 4.15. The normalized spacial score (nSPS) is 14.0. The number of nitrogens with zero attached hydrogens (tertiary/aromatic N) is 1. The number of carbonyl (C=O) groups excluding carboxylic acids is 1. The van der Waals surface area contributed by atoms with Crippen LogP contribution in [0.1, 0.15) is 25.5 Å². The topological polar surface area (TPSA) is 78.5 Å². The minimum atomic E-state index is -3.71. The molecule has 0 radical (unpaired) electrons. The molecule has 6 nitrogen and oxygen atoms in total. The third kappa shape index (κ3) is 5.29. The SMILES string of the molecule is CC(NC(C)c1ccccc1)C(=O)Nc1ccc(Cl)c(S(=O)(=O)N(C)C)c1. The highest BCUT2D eigenvalue weighted by atomic mass is 35.5. The number of nitrogens with one attached hydrogen (secondary N) is 2. The minimum absolute atomic E-state index is 0.0122. The van der Waals surface area contributed by atoms with Crippen molar-refractivity contribution in [2.45, 2.75) is 30.8 Å². The van der Waals surface area contributed by atoms with Crippen LogP contribution in [-0.2, 0) is 14.8 Å². The lowest BCUT2D eigenvalue weighted by Gasteiger charge is -2.20. The van der Waals surface area contributed by atoms with Crippen molar-refractivity contribution in [1.82, 2.24) is 9.62 Å². The smallest absolute Gasteiger partial charge is 0.244 e. The van der Waals surface area contributed by atoms with Gasteiger partial charge in [-0.1, -0.05) is 41.9 Å². The Bertz CT molecular complexity index is 902. The molecular formula is C19H24ClN3O3S. The summed E-state index contributed by atoms with van der Waals surface area (Å²) >= 11 is 6.03. The Kier molecular flexibility index (Phi) is 7.00. The molecule has 0 aliphatic carbocycles. The highest BCUT2D eigenvalue weighted by Crippen LogP contribution is 2.27. The molecule has 0 heterocycles. The Morgan fingerprint density at radius 1 is 1.07 bits per heavy atom. The summed E-state index contributed by atoms with van der Waals surface area (Å²) in [5.74, 6) is -0.270. The Hall–Kier alpha value is -1.93. The number of sulfonamides is 1. The highest BCUT2D eigenvalue weighted by molar-refractivity contribution is 7.89. The van der Waals surface area contributed by atoms with E-state index in [1.54, 1.807) is 13.0 Å². The van der Waals surface area contributed by atoms with E-state index in [1.807, 2.05) is 37.3 Å². The van der Waals surface area contributed by atoms with Crippen LogP contribution in [0.3, 0.4) is 0 Å². The first-order valence-corrected chi connectivity index (χ1v) is 10.3. The van der Waals surface area contributed by atoms with E-state index in [2.05, 4.69) is 10.6 Å². The third-order valence-corrected chi connectivity index (χ3v) is 6.45. The van der Waals surface area contributed by atoms with Crippen molar-refractivity contribution in [3.8, 4) is 0 Å². The van der Waals surface area contributed by atoms with E-state index in [9.17, 15) is 13.2 Å². The summed E-state index contributed by atoms with van der Waals surface area (Å²) < 4.78 is 25.8. The number of halogens is 1. The summed E-state index contributed by atoms with van der Waals surface area (Å²) in [5, 5.41) is 6.06. The van der Waals surface area contributed by atoms with Gasteiger partial charge in [-0.05, 0) is 37.6 Å². The van der Waals surface area contributed by atoms with Crippen LogP contribution in [0.25, 0.3) is 0 Å². The van der Waals surface area contributed by atoms with E-state index in [0.717, 1.165) is 9.87 Å². The first-order valence-electron chi connectivity index (χ1n) is 8.47. The van der Waals surface area contributed by atoms with Gasteiger partial charge in [-0.15, -0.1) is 0 Å². The van der Waals surface area contributed by atoms with Crippen LogP contribution in [0, 0.1) is 0 Å². The van der Waals surface area contributed by atoms with Gasteiger partial charge in [0.15, 0.2) is 0 Å². The molecule has 2 N–H and O–H groups in total. The number of benzene rings is 2. The van der Waals surface area contributed by atoms with E-state index in [4.69, 9.17) is 11.6 Å². The number of hydrogen-bond donors (Lipinski definition) is 2. The molecule has 0 aliphatic rings. The van der Waals surface area contributed by atoms with Crippen LogP contribution in [-0.4, -0.2) is 38.8 Å². The Morgan fingerprint density at radius 2 is 1.70 bits per heavy atom. The number of carbonyl (C=O) groups is 1. The van der Waals surface area contributed by atoms with Gasteiger partial charge >= 0.3 is 0 Å². The van der Waals surface area contributed by atoms with Crippen LogP contribution in [0.2, 0.25) is 5.02 Å². The molecule has 146 valence electrons. The summed E-state index contributed by atoms with van der Waals surface area (Å²) in [6.45, 7) is 3.73. The molecule has 2 rings (SSSR count). The molecule has 2 atom stereocenters. The molecule has 8 heteroatoms. The molecule has 2 aromatic carbocycles. The monoisotopic (exact) mass is 409 g/mol. The van der Waals surface area contributed by atoms with Gasteiger partial charge in [0, 0.05) is 25.8 Å². The van der Waals surface area contributed by atoms with E-state index in [1.165, 1.54) is 26.2 Å². The van der Waals surface area contributed by atoms with E-state index >= 15 is 0 Å². The van der Waals surface area contributed by atoms with Gasteiger partial charge in [-0.3, -0.25) is 10.1 Å². The molecular weight excluding hydrogens is 386 g/mol. The first kappa shape index (κ1) is 21.4. The molecule has 2 aromatic rings. The fraction of sp³-hybridized carbons (Fsp3) is 0.316. The Balaban J connectivity index is 2.11. The molecule has 0 bridgehead atoms. The maximum Gasteiger partial charge on any atom is 0.244 e. The molecule has 0 spiro atoms. The summed E-state index contributed by atoms with van der Waals surface area (Å²) in [7, 11) is -0.858. The molecule has 1 amide bonds. The summed E-state index contributed by atoms with van der Waals surface area (Å²) in [4.78, 5) is 12.4. The number of amides is 1. The number of hydrogen-bond acceptors (Lipinski definition) is 4. The van der Waals surface area contributed by atoms with Crippen LogP contribution in [0.5, 0.6) is 0 Å². The lowest BCUT2D eigenvalue weighted by Crippen LogP contribution is -2.39. The fourth-order valence-corrected chi connectivity index (χ4v) is 3.91. The van der Waals surface area contributed by atoms with Crippen LogP contribution < -0.4 is 10.6 Å². The maximum atomic E-state index is 12.5. The molecule has 27 heavy (non-hydrogen) atoms. The average molecular weight is 410 g/mol. The van der Waals surface area contributed by atoms with Crippen molar-refractivity contribution in [3.63, 3.8) is 0 Å². The first-order chi connectivity index (χ1) is 12.6. The standard InChI is InChI=1S/C19H24ClN3O3S/c1-13(15-8-6-5-7-9-15)21-14(2)19(24)22-16-10-11-17(20)18(12-16)27(25,26)23(3)4/h5-14,21H,1-4H3,(H,22,24). The number of anilines is 1. The highest BCUT2D eigenvalue weighted by Gasteiger charge is 2.22. The molecule has 0 saturated heterocycles. The fourth-order valence-electron chi connectivity index (χ4n) is 2.51. The second kappa shape index (κ2) is 8.84. The summed E-state index contributed by atoms with van der Waals surface area (Å²) in [6.07, 6.45) is 0. The van der Waals surface area contributed by atoms with Gasteiger partial charge in [-0.25, -0.2) is 12.7 Å². The zero-order valence-corrected chi connectivity index (χ0v) is 17.3. The zero-order valence-electron chi connectivity index (χ0n) is 15.7. The zero-order chi connectivity index (χ0) is 20.2. The van der Waals surface area contributed by atoms with Gasteiger partial charge in [0.2, 0.25) is 15.9 Å². The Morgan fingerprint density at radius 3 is 2.30 bits per heavy atom. The maximum absolute atomic E-state index is 12.5. The van der Waals surface area contributed by atoms with Gasteiger partial charge in [0.05, 0.1) is 11.1 Å². The van der Waals surface area contributed by atoms with Crippen LogP contribution in [0.4, 0.5) is 5.69 Å². The van der Waals surface area contributed by atoms with Crippen molar-refractivity contribution < 1.29 is 13.2 Å². The summed E-state index contributed by atoms with van der Waals surface area (Å²) in [5.41, 5.74) is 1.44. The van der Waals surface area contributed by atoms with Crippen LogP contribution >= 0.6 is 11.6 Å². The molecule has 0 saturated carbocycles. The average Bonchev–Trinajstić information content (AvgIpc) is 2.63. The summed E-state index contributed by atoms with van der Waals surface area (Å²) in [6, 6.07) is 13.7. The van der Waals surface area contributed by atoms with Crippen molar-refractivity contribution in [1.29, 1.82) is 0 Å². The van der Waals surface area contributed by atoms with Gasteiger partial charge in [0.1, 0.15) is 4.90 Å². The number of rotatable bonds is 7. The predicted octanol–water partition coefficient (Wildman–Crippen LogP) is 3.27. The lowest BCUT2D eigenvalue weighted by atomic mass is 10.1. The van der Waals surface area contributed by atoms with Crippen molar-refractivity contribution >= 4 is 33.2 Å². The van der Waals surface area contributed by atoms with E-state index < -0.39 is 16.1 Å². The van der Waals surface area contributed by atoms with Gasteiger partial charge < -0.3 is 5.32 Å². The Labute approximate surface area is 165 Å². The van der Waals surface area contributed by atoms with Gasteiger partial charge in [-0.2, -0.15) is 0 Å². The second-order valence-corrected chi connectivity index (χ2v) is 8.97.